The van der Waals surface area contributed by atoms with Gasteiger partial charge in [-0.05, 0) is 20.7 Å². The van der Waals surface area contributed by atoms with E-state index in [1.807, 2.05) is 4.98 Å². The fraction of sp³-hybridized carbons (Fsp3) is 0.667. The number of ketones is 1. The summed E-state index contributed by atoms with van der Waals surface area (Å²) in [6.07, 6.45) is -5.21. The van der Waals surface area contributed by atoms with Crippen LogP contribution in [0.15, 0.2) is 21.9 Å². The van der Waals surface area contributed by atoms with Crippen molar-refractivity contribution in [2.75, 3.05) is 13.3 Å². The molecule has 0 unspecified atom stereocenters. The number of carbonyl (C=O) groups is 1. The van der Waals surface area contributed by atoms with Gasteiger partial charge in [0.05, 0.1) is 12.6 Å². The zero-order valence-electron chi connectivity index (χ0n) is 17.8. The fourth-order valence-corrected chi connectivity index (χ4v) is 3.85. The van der Waals surface area contributed by atoms with Crippen LogP contribution in [0.5, 0.6) is 0 Å². The first kappa shape index (κ1) is 17.4. The maximum Gasteiger partial charge on any atom is 0.330 e. The van der Waals surface area contributed by atoms with Gasteiger partial charge in [-0.1, -0.05) is 0 Å². The summed E-state index contributed by atoms with van der Waals surface area (Å²) in [4.78, 5) is 36.4. The van der Waals surface area contributed by atoms with Gasteiger partial charge in [-0.3, -0.25) is 23.7 Å². The topological polar surface area (TPSA) is 140 Å². The highest BCUT2D eigenvalue weighted by molar-refractivity contribution is 7.56. The van der Waals surface area contributed by atoms with Crippen molar-refractivity contribution in [3.63, 3.8) is 0 Å². The second-order valence-electron chi connectivity index (χ2n) is 6.36. The molecule has 6 atom stereocenters. The van der Waals surface area contributed by atoms with E-state index in [0.717, 1.165) is 18.9 Å². The van der Waals surface area contributed by atoms with E-state index in [-0.39, 0.29) is 5.78 Å². The number of carbonyl (C=O) groups excluding carboxylic acids is 1. The van der Waals surface area contributed by atoms with Crippen LogP contribution < -0.4 is 16.3 Å². The van der Waals surface area contributed by atoms with Gasteiger partial charge in [0.15, 0.2) is 11.9 Å². The van der Waals surface area contributed by atoms with Crippen molar-refractivity contribution in [1.29, 1.82) is 0 Å². The first-order chi connectivity index (χ1) is 13.6. The summed E-state index contributed by atoms with van der Waals surface area (Å²) in [5, 5.41) is 12.8. The van der Waals surface area contributed by atoms with Crippen molar-refractivity contribution in [2.24, 2.45) is 0 Å². The second kappa shape index (κ2) is 7.76. The first-order valence-electron chi connectivity index (χ1n) is 9.44. The van der Waals surface area contributed by atoms with Crippen molar-refractivity contribution in [3.05, 3.63) is 33.1 Å². The lowest BCUT2D eigenvalue weighted by molar-refractivity contribution is -0.118. The molecule has 12 heteroatoms. The number of aliphatic hydroxyl groups excluding tert-OH is 1. The van der Waals surface area contributed by atoms with Crippen LogP contribution in [0.2, 0.25) is 0 Å². The van der Waals surface area contributed by atoms with Crippen LogP contribution in [0.1, 0.15) is 31.0 Å². The number of ether oxygens (including phenoxy) is 1. The average molecular weight is 410 g/mol. The third-order valence-corrected chi connectivity index (χ3v) is 5.57. The van der Waals surface area contributed by atoms with Crippen LogP contribution in [-0.4, -0.2) is 57.6 Å². The fourth-order valence-electron chi connectivity index (χ4n) is 2.46. The number of nitrogens with one attached hydrogen (secondary N) is 2. The maximum absolute atomic E-state index is 15.7. The van der Waals surface area contributed by atoms with Crippen molar-refractivity contribution in [1.82, 2.24) is 14.6 Å². The summed E-state index contributed by atoms with van der Waals surface area (Å²) in [7, 11) is -3.61. The number of hydrogen-bond acceptors (Lipinski definition) is 7. The minimum Gasteiger partial charge on any atom is -0.387 e. The van der Waals surface area contributed by atoms with Gasteiger partial charge < -0.3 is 14.4 Å². The summed E-state index contributed by atoms with van der Waals surface area (Å²) in [6.45, 7) is -0.282. The van der Waals surface area contributed by atoms with Gasteiger partial charge in [0.25, 0.3) is 13.1 Å². The Hall–Kier alpha value is -1.65. The minimum absolute atomic E-state index is 0.319. The SMILES string of the molecule is [2H]C([2H])([2H])[C@@]1(F)[C@H](O)[C@@H](CO[P@@](C)(=O)N[C@@H](C)C(C)=O)O[C@H]1n1ccc(=O)[nH]c1=O. The number of hydrogen-bond donors (Lipinski definition) is 3. The number of rotatable bonds is 7. The molecule has 0 spiro atoms. The van der Waals surface area contributed by atoms with Crippen LogP contribution in [0.3, 0.4) is 0 Å². The van der Waals surface area contributed by atoms with E-state index in [1.165, 1.54) is 13.8 Å². The molecule has 3 N–H and O–H groups in total. The molecule has 0 amide bonds. The third kappa shape index (κ3) is 4.80. The number of aromatic amines is 1. The molecule has 0 radical (unpaired) electrons. The van der Waals surface area contributed by atoms with E-state index in [9.17, 15) is 24.1 Å². The zero-order valence-corrected chi connectivity index (χ0v) is 15.7. The number of alkyl halides is 1. The highest BCUT2D eigenvalue weighted by Crippen LogP contribution is 2.44. The molecule has 0 saturated carbocycles. The molecule has 0 bridgehead atoms. The normalized spacial score (nSPS) is 33.5. The molecular formula is C15H23FN3O7P. The Morgan fingerprint density at radius 2 is 2.33 bits per heavy atom. The maximum atomic E-state index is 15.7. The van der Waals surface area contributed by atoms with Gasteiger partial charge in [-0.25, -0.2) is 14.3 Å². The average Bonchev–Trinajstić information content (AvgIpc) is 2.85. The van der Waals surface area contributed by atoms with E-state index in [1.54, 1.807) is 0 Å². The lowest BCUT2D eigenvalue weighted by Crippen LogP contribution is -2.43. The molecule has 1 aliphatic rings. The third-order valence-electron chi connectivity index (χ3n) is 4.07. The zero-order chi connectivity index (χ0) is 23.1. The molecule has 1 aliphatic heterocycles. The molecule has 10 nitrogen and oxygen atoms in total. The largest absolute Gasteiger partial charge is 0.387 e. The lowest BCUT2D eigenvalue weighted by atomic mass is 9.98. The monoisotopic (exact) mass is 410 g/mol. The highest BCUT2D eigenvalue weighted by Gasteiger charge is 2.55. The van der Waals surface area contributed by atoms with E-state index in [4.69, 9.17) is 13.4 Å². The van der Waals surface area contributed by atoms with Crippen LogP contribution in [0.25, 0.3) is 0 Å². The first-order valence-corrected chi connectivity index (χ1v) is 10.0. The molecule has 0 aromatic carbocycles. The van der Waals surface area contributed by atoms with Crippen molar-refractivity contribution >= 4 is 13.3 Å². The smallest absolute Gasteiger partial charge is 0.330 e. The van der Waals surface area contributed by atoms with Gasteiger partial charge in [0.1, 0.15) is 18.0 Å². The predicted octanol–water partition coefficient (Wildman–Crippen LogP) is -0.0703. The molecule has 1 aromatic rings. The molecule has 1 aromatic heterocycles. The van der Waals surface area contributed by atoms with Gasteiger partial charge in [-0.2, -0.15) is 0 Å². The van der Waals surface area contributed by atoms with Crippen molar-refractivity contribution in [2.45, 2.75) is 50.8 Å². The van der Waals surface area contributed by atoms with E-state index < -0.39 is 62.4 Å². The summed E-state index contributed by atoms with van der Waals surface area (Å²) < 4.78 is 61.6. The molecular weight excluding hydrogens is 384 g/mol. The Balaban J connectivity index is 2.32. The number of H-pyrrole nitrogens is 1. The van der Waals surface area contributed by atoms with E-state index >= 15 is 4.39 Å². The summed E-state index contributed by atoms with van der Waals surface area (Å²) in [5.74, 6) is -0.319. The molecule has 152 valence electrons. The van der Waals surface area contributed by atoms with Crippen LogP contribution >= 0.6 is 7.52 Å². The summed E-state index contributed by atoms with van der Waals surface area (Å²) in [6, 6.07) is 0.0409. The van der Waals surface area contributed by atoms with Gasteiger partial charge >= 0.3 is 5.69 Å². The second-order valence-corrected chi connectivity index (χ2v) is 8.57. The van der Waals surface area contributed by atoms with Crippen molar-refractivity contribution in [3.8, 4) is 0 Å². The quantitative estimate of drug-likeness (QED) is 0.531. The standard InChI is InChI=1S/C15H23FN3O7P/c1-8(9(2)20)18-27(4,24)25-7-10-12(22)15(3,16)13(26-10)19-6-5-11(21)17-14(19)23/h5-6,8,10,12-13,22H,7H2,1-4H3,(H,18,24)(H,17,21,23)/t8-,10+,12+,13+,15+,27+/m0/s1/i3D3. The highest BCUT2D eigenvalue weighted by atomic mass is 31.2. The Morgan fingerprint density at radius 1 is 1.67 bits per heavy atom. The number of aromatic nitrogens is 2. The van der Waals surface area contributed by atoms with Crippen LogP contribution in [-0.2, 0) is 18.6 Å². The Bertz CT molecular complexity index is 968. The molecule has 1 fully saturated rings. The molecule has 0 aliphatic carbocycles. The Kier molecular flexibility index (Phi) is 5.02. The number of nitrogens with zero attached hydrogens (tertiary/aromatic N) is 1. The molecule has 1 saturated heterocycles. The number of aliphatic hydroxyl groups is 1. The molecule has 27 heavy (non-hydrogen) atoms. The summed E-state index contributed by atoms with van der Waals surface area (Å²) in [5.41, 5.74) is -5.39. The van der Waals surface area contributed by atoms with E-state index in [0.29, 0.717) is 4.57 Å². The number of Topliss-reactive ketones (excluding diaryl/α,β-unsaturated/α-hetero) is 1. The Morgan fingerprint density at radius 3 is 2.89 bits per heavy atom. The van der Waals surface area contributed by atoms with Gasteiger partial charge in [0.2, 0.25) is 0 Å². The number of halogens is 1. The lowest BCUT2D eigenvalue weighted by Gasteiger charge is -2.24. The van der Waals surface area contributed by atoms with Crippen molar-refractivity contribution < 1.29 is 32.2 Å². The molecule has 2 heterocycles. The van der Waals surface area contributed by atoms with Crippen LogP contribution in [0, 0.1) is 0 Å². The minimum atomic E-state index is -3.61. The van der Waals surface area contributed by atoms with E-state index in [2.05, 4.69) is 5.09 Å². The predicted molar refractivity (Wildman–Crippen MR) is 93.5 cm³/mol. The Labute approximate surface area is 158 Å². The van der Waals surface area contributed by atoms with Gasteiger partial charge in [0, 0.05) is 23.0 Å². The van der Waals surface area contributed by atoms with Gasteiger partial charge in [-0.15, -0.1) is 0 Å². The van der Waals surface area contributed by atoms with Crippen LogP contribution in [0.4, 0.5) is 4.39 Å². The summed E-state index contributed by atoms with van der Waals surface area (Å²) >= 11 is 0. The molecule has 2 rings (SSSR count).